The highest BCUT2D eigenvalue weighted by Gasteiger charge is 2.03. The van der Waals surface area contributed by atoms with Gasteiger partial charge in [0.2, 0.25) is 0 Å². The van der Waals surface area contributed by atoms with Gasteiger partial charge in [-0.2, -0.15) is 0 Å². The SMILES string of the molecule is CC(=O)CC(=O)CCC=O. The Morgan fingerprint density at radius 1 is 1.40 bits per heavy atom. The Bertz CT molecular complexity index is 149. The van der Waals surface area contributed by atoms with Crippen LogP contribution < -0.4 is 0 Å². The number of hydrogen-bond donors (Lipinski definition) is 0. The van der Waals surface area contributed by atoms with Crippen molar-refractivity contribution in [2.24, 2.45) is 0 Å². The number of carbonyl (C=O) groups is 3. The highest BCUT2D eigenvalue weighted by molar-refractivity contribution is 5.98. The molecular formula is C7H10O3. The minimum atomic E-state index is -0.153. The van der Waals surface area contributed by atoms with Crippen LogP contribution in [0, 0.1) is 0 Å². The molecule has 0 bridgehead atoms. The van der Waals surface area contributed by atoms with E-state index in [1.54, 1.807) is 0 Å². The van der Waals surface area contributed by atoms with Gasteiger partial charge in [0.1, 0.15) is 17.9 Å². The van der Waals surface area contributed by atoms with Gasteiger partial charge in [0.05, 0.1) is 6.42 Å². The van der Waals surface area contributed by atoms with Crippen LogP contribution in [0.4, 0.5) is 0 Å². The quantitative estimate of drug-likeness (QED) is 0.415. The smallest absolute Gasteiger partial charge is 0.140 e. The van der Waals surface area contributed by atoms with Gasteiger partial charge in [-0.3, -0.25) is 9.59 Å². The molecule has 10 heavy (non-hydrogen) atoms. The van der Waals surface area contributed by atoms with Crippen molar-refractivity contribution in [3.05, 3.63) is 0 Å². The van der Waals surface area contributed by atoms with E-state index >= 15 is 0 Å². The topological polar surface area (TPSA) is 51.2 Å². The van der Waals surface area contributed by atoms with Crippen molar-refractivity contribution in [2.45, 2.75) is 26.2 Å². The van der Waals surface area contributed by atoms with Crippen molar-refractivity contribution in [1.82, 2.24) is 0 Å². The Kier molecular flexibility index (Phi) is 4.37. The lowest BCUT2D eigenvalue weighted by molar-refractivity contribution is -0.126. The molecule has 0 rings (SSSR count). The van der Waals surface area contributed by atoms with Crippen LogP contribution in [-0.2, 0) is 14.4 Å². The molecule has 0 aliphatic rings. The standard InChI is InChI=1S/C7H10O3/c1-6(9)5-7(10)3-2-4-8/h4H,2-3,5H2,1H3. The zero-order chi connectivity index (χ0) is 7.98. The summed E-state index contributed by atoms with van der Waals surface area (Å²) in [6, 6.07) is 0. The summed E-state index contributed by atoms with van der Waals surface area (Å²) in [5.74, 6) is -0.296. The van der Waals surface area contributed by atoms with Crippen molar-refractivity contribution in [3.8, 4) is 0 Å². The first-order chi connectivity index (χ1) is 4.66. The molecule has 0 unspecified atom stereocenters. The Balaban J connectivity index is 3.43. The van der Waals surface area contributed by atoms with Crippen LogP contribution >= 0.6 is 0 Å². The Morgan fingerprint density at radius 3 is 2.40 bits per heavy atom. The molecule has 0 fully saturated rings. The summed E-state index contributed by atoms with van der Waals surface area (Å²) < 4.78 is 0. The third kappa shape index (κ3) is 5.15. The molecule has 0 amide bonds. The maximum atomic E-state index is 10.6. The highest BCUT2D eigenvalue weighted by Crippen LogP contribution is 1.93. The van der Waals surface area contributed by atoms with E-state index < -0.39 is 0 Å². The first kappa shape index (κ1) is 9.01. The van der Waals surface area contributed by atoms with E-state index in [0.717, 1.165) is 0 Å². The van der Waals surface area contributed by atoms with Gasteiger partial charge in [0.15, 0.2) is 0 Å². The van der Waals surface area contributed by atoms with Crippen LogP contribution in [0.3, 0.4) is 0 Å². The summed E-state index contributed by atoms with van der Waals surface area (Å²) in [4.78, 5) is 30.7. The number of carbonyl (C=O) groups excluding carboxylic acids is 3. The van der Waals surface area contributed by atoms with Crippen molar-refractivity contribution in [1.29, 1.82) is 0 Å². The molecule has 0 radical (unpaired) electrons. The number of hydrogen-bond acceptors (Lipinski definition) is 3. The second-order valence-corrected chi connectivity index (χ2v) is 2.12. The van der Waals surface area contributed by atoms with Crippen molar-refractivity contribution in [3.63, 3.8) is 0 Å². The summed E-state index contributed by atoms with van der Waals surface area (Å²) in [6.45, 7) is 1.36. The fourth-order valence-corrected chi connectivity index (χ4v) is 0.586. The van der Waals surface area contributed by atoms with Crippen molar-refractivity contribution >= 4 is 17.9 Å². The fourth-order valence-electron chi connectivity index (χ4n) is 0.586. The molecule has 0 heterocycles. The van der Waals surface area contributed by atoms with Crippen molar-refractivity contribution < 1.29 is 14.4 Å². The van der Waals surface area contributed by atoms with E-state index in [1.807, 2.05) is 0 Å². The number of rotatable bonds is 5. The fraction of sp³-hybridized carbons (Fsp3) is 0.571. The lowest BCUT2D eigenvalue weighted by atomic mass is 10.1. The molecule has 0 aromatic heterocycles. The van der Waals surface area contributed by atoms with Crippen LogP contribution in [0.15, 0.2) is 0 Å². The molecule has 0 atom stereocenters. The summed E-state index contributed by atoms with van der Waals surface area (Å²) in [7, 11) is 0. The molecule has 0 aromatic rings. The summed E-state index contributed by atoms with van der Waals surface area (Å²) in [5.41, 5.74) is 0. The predicted octanol–water partition coefficient (Wildman–Crippen LogP) is 0.514. The van der Waals surface area contributed by atoms with Crippen LogP contribution in [0.5, 0.6) is 0 Å². The van der Waals surface area contributed by atoms with Gasteiger partial charge in [-0.1, -0.05) is 0 Å². The van der Waals surface area contributed by atoms with E-state index in [9.17, 15) is 14.4 Å². The Hall–Kier alpha value is -0.990. The van der Waals surface area contributed by atoms with Gasteiger partial charge >= 0.3 is 0 Å². The van der Waals surface area contributed by atoms with Crippen molar-refractivity contribution in [2.75, 3.05) is 0 Å². The third-order valence-electron chi connectivity index (χ3n) is 0.987. The molecule has 0 aliphatic carbocycles. The van der Waals surface area contributed by atoms with E-state index in [0.29, 0.717) is 6.29 Å². The predicted molar refractivity (Wildman–Crippen MR) is 35.6 cm³/mol. The zero-order valence-corrected chi connectivity index (χ0v) is 5.92. The van der Waals surface area contributed by atoms with Gasteiger partial charge in [-0.05, 0) is 6.92 Å². The van der Waals surface area contributed by atoms with Gasteiger partial charge in [0.25, 0.3) is 0 Å². The number of aldehydes is 1. The zero-order valence-electron chi connectivity index (χ0n) is 5.92. The van der Waals surface area contributed by atoms with E-state index in [4.69, 9.17) is 0 Å². The Morgan fingerprint density at radius 2 is 2.00 bits per heavy atom. The number of Topliss-reactive ketones (excluding diaryl/α,β-unsaturated/α-hetero) is 2. The molecule has 0 N–H and O–H groups in total. The average molecular weight is 142 g/mol. The van der Waals surface area contributed by atoms with Crippen LogP contribution in [0.1, 0.15) is 26.2 Å². The maximum absolute atomic E-state index is 10.6. The summed E-state index contributed by atoms with van der Waals surface area (Å²) in [5, 5.41) is 0. The molecule has 0 saturated heterocycles. The second kappa shape index (κ2) is 4.85. The molecule has 0 spiro atoms. The molecule has 0 aliphatic heterocycles. The monoisotopic (exact) mass is 142 g/mol. The van der Waals surface area contributed by atoms with E-state index in [-0.39, 0.29) is 30.8 Å². The summed E-state index contributed by atoms with van der Waals surface area (Å²) >= 11 is 0. The molecule has 3 heteroatoms. The minimum absolute atomic E-state index is 0.0339. The van der Waals surface area contributed by atoms with E-state index in [1.165, 1.54) is 6.92 Å². The average Bonchev–Trinajstić information content (AvgIpc) is 1.82. The van der Waals surface area contributed by atoms with Crippen LogP contribution in [0.2, 0.25) is 0 Å². The lowest BCUT2D eigenvalue weighted by Gasteiger charge is -1.90. The van der Waals surface area contributed by atoms with Crippen LogP contribution in [-0.4, -0.2) is 17.9 Å². The summed E-state index contributed by atoms with van der Waals surface area (Å²) in [6.07, 6.45) is 1.07. The largest absolute Gasteiger partial charge is 0.303 e. The first-order valence-electron chi connectivity index (χ1n) is 3.11. The molecule has 0 saturated carbocycles. The molecule has 56 valence electrons. The third-order valence-corrected chi connectivity index (χ3v) is 0.987. The maximum Gasteiger partial charge on any atom is 0.140 e. The molecule has 0 aromatic carbocycles. The van der Waals surface area contributed by atoms with Gasteiger partial charge in [-0.25, -0.2) is 0 Å². The Labute approximate surface area is 59.4 Å². The first-order valence-corrected chi connectivity index (χ1v) is 3.11. The normalized spacial score (nSPS) is 8.90. The van der Waals surface area contributed by atoms with E-state index in [2.05, 4.69) is 0 Å². The minimum Gasteiger partial charge on any atom is -0.303 e. The number of ketones is 2. The highest BCUT2D eigenvalue weighted by atomic mass is 16.1. The van der Waals surface area contributed by atoms with Crippen LogP contribution in [0.25, 0.3) is 0 Å². The molecule has 3 nitrogen and oxygen atoms in total. The van der Waals surface area contributed by atoms with Gasteiger partial charge in [-0.15, -0.1) is 0 Å². The second-order valence-electron chi connectivity index (χ2n) is 2.12. The lowest BCUT2D eigenvalue weighted by Crippen LogP contribution is -2.03. The van der Waals surface area contributed by atoms with Gasteiger partial charge < -0.3 is 4.79 Å². The molecular weight excluding hydrogens is 132 g/mol. The van der Waals surface area contributed by atoms with Gasteiger partial charge in [0, 0.05) is 12.8 Å².